The lowest BCUT2D eigenvalue weighted by atomic mass is 9.86. The van der Waals surface area contributed by atoms with Crippen molar-refractivity contribution in [2.75, 3.05) is 7.05 Å². The Morgan fingerprint density at radius 3 is 2.69 bits per heavy atom. The van der Waals surface area contributed by atoms with Crippen LogP contribution in [-0.2, 0) is 17.6 Å². The highest BCUT2D eigenvalue weighted by atomic mass is 32.1. The maximum absolute atomic E-state index is 12.4. The molecule has 6 heteroatoms. The average molecular weight is 376 g/mol. The van der Waals surface area contributed by atoms with Crippen LogP contribution in [0.1, 0.15) is 74.6 Å². The smallest absolute Gasteiger partial charge is 0.223 e. The number of thiophene rings is 1. The molecule has 1 unspecified atom stereocenters. The molecular weight excluding hydrogens is 346 g/mol. The molecule has 1 aliphatic rings. The van der Waals surface area contributed by atoms with E-state index in [1.54, 1.807) is 16.2 Å². The normalized spacial score (nSPS) is 16.5. The van der Waals surface area contributed by atoms with Gasteiger partial charge in [0.05, 0.1) is 6.04 Å². The van der Waals surface area contributed by atoms with Crippen molar-refractivity contribution in [3.63, 3.8) is 0 Å². The highest BCUT2D eigenvalue weighted by Gasteiger charge is 2.19. The van der Waals surface area contributed by atoms with E-state index < -0.39 is 0 Å². The number of carbonyl (C=O) groups is 1. The van der Waals surface area contributed by atoms with Crippen LogP contribution in [0.3, 0.4) is 0 Å². The molecule has 0 radical (unpaired) electrons. The van der Waals surface area contributed by atoms with E-state index in [1.165, 1.54) is 37.0 Å². The predicted octanol–water partition coefficient (Wildman–Crippen LogP) is 4.80. The Kier molecular flexibility index (Phi) is 6.83. The second-order valence-corrected chi connectivity index (χ2v) is 8.31. The molecule has 0 N–H and O–H groups in total. The van der Waals surface area contributed by atoms with Crippen molar-refractivity contribution in [2.45, 2.75) is 70.8 Å². The number of amides is 1. The van der Waals surface area contributed by atoms with Crippen LogP contribution in [0.5, 0.6) is 0 Å². The number of hydrogen-bond acceptors (Lipinski definition) is 5. The monoisotopic (exact) mass is 375 g/mol. The minimum atomic E-state index is 0.0937. The number of carbonyl (C=O) groups excluding carboxylic acids is 1. The van der Waals surface area contributed by atoms with E-state index in [1.807, 2.05) is 18.5 Å². The van der Waals surface area contributed by atoms with Gasteiger partial charge in [-0.15, -0.1) is 21.5 Å². The Balaban J connectivity index is 1.43. The molecule has 0 saturated heterocycles. The Hall–Kier alpha value is -1.69. The van der Waals surface area contributed by atoms with E-state index in [2.05, 4.69) is 23.2 Å². The van der Waals surface area contributed by atoms with Crippen LogP contribution in [-0.4, -0.2) is 28.1 Å². The van der Waals surface area contributed by atoms with E-state index in [-0.39, 0.29) is 11.9 Å². The Morgan fingerprint density at radius 1 is 1.27 bits per heavy atom. The van der Waals surface area contributed by atoms with Crippen molar-refractivity contribution in [1.29, 1.82) is 0 Å². The molecule has 1 fully saturated rings. The summed E-state index contributed by atoms with van der Waals surface area (Å²) in [6.07, 6.45) is 9.69. The van der Waals surface area contributed by atoms with Crippen LogP contribution in [0, 0.1) is 5.92 Å². The van der Waals surface area contributed by atoms with Crippen LogP contribution in [0.25, 0.3) is 0 Å². The lowest BCUT2D eigenvalue weighted by molar-refractivity contribution is -0.131. The van der Waals surface area contributed by atoms with Gasteiger partial charge in [-0.3, -0.25) is 4.79 Å². The standard InChI is InChI=1S/C20H29N3O2S/c1-15(17-9-6-14-26-17)23(2)20(24)13-12-19-22-21-18(25-19)11-10-16-7-4-3-5-8-16/h6,9,14-16H,3-5,7-8,10-13H2,1-2H3. The SMILES string of the molecule is CC(c1cccs1)N(C)C(=O)CCc1nnc(CCC2CCCCC2)o1. The van der Waals surface area contributed by atoms with Crippen molar-refractivity contribution >= 4 is 17.2 Å². The van der Waals surface area contributed by atoms with Gasteiger partial charge < -0.3 is 9.32 Å². The van der Waals surface area contributed by atoms with E-state index >= 15 is 0 Å². The van der Waals surface area contributed by atoms with Crippen LogP contribution in [0.2, 0.25) is 0 Å². The fourth-order valence-corrected chi connectivity index (χ4v) is 4.45. The molecule has 142 valence electrons. The van der Waals surface area contributed by atoms with Gasteiger partial charge in [-0.05, 0) is 30.7 Å². The highest BCUT2D eigenvalue weighted by Crippen LogP contribution is 2.27. The largest absolute Gasteiger partial charge is 0.425 e. The zero-order chi connectivity index (χ0) is 18.4. The number of nitrogens with zero attached hydrogens (tertiary/aromatic N) is 3. The summed E-state index contributed by atoms with van der Waals surface area (Å²) in [5.74, 6) is 2.22. The molecule has 1 atom stereocenters. The molecule has 2 aromatic rings. The van der Waals surface area contributed by atoms with Crippen molar-refractivity contribution in [3.05, 3.63) is 34.2 Å². The van der Waals surface area contributed by atoms with Gasteiger partial charge in [0.2, 0.25) is 17.7 Å². The van der Waals surface area contributed by atoms with Gasteiger partial charge in [0.25, 0.3) is 0 Å². The molecule has 5 nitrogen and oxygen atoms in total. The molecule has 0 bridgehead atoms. The van der Waals surface area contributed by atoms with Gasteiger partial charge in [-0.1, -0.05) is 38.2 Å². The molecule has 1 amide bonds. The van der Waals surface area contributed by atoms with Gasteiger partial charge in [0.1, 0.15) is 0 Å². The van der Waals surface area contributed by atoms with Crippen molar-refractivity contribution in [1.82, 2.24) is 15.1 Å². The lowest BCUT2D eigenvalue weighted by Crippen LogP contribution is -2.29. The quantitative estimate of drug-likeness (QED) is 0.665. The minimum Gasteiger partial charge on any atom is -0.425 e. The maximum Gasteiger partial charge on any atom is 0.223 e. The van der Waals surface area contributed by atoms with Crippen molar-refractivity contribution < 1.29 is 9.21 Å². The summed E-state index contributed by atoms with van der Waals surface area (Å²) >= 11 is 1.68. The van der Waals surface area contributed by atoms with Gasteiger partial charge in [-0.25, -0.2) is 0 Å². The van der Waals surface area contributed by atoms with Crippen molar-refractivity contribution in [2.24, 2.45) is 5.92 Å². The number of hydrogen-bond donors (Lipinski definition) is 0. The zero-order valence-corrected chi connectivity index (χ0v) is 16.6. The summed E-state index contributed by atoms with van der Waals surface area (Å²) in [5.41, 5.74) is 0. The van der Waals surface area contributed by atoms with Crippen LogP contribution in [0.15, 0.2) is 21.9 Å². The first kappa shape index (κ1) is 19.1. The topological polar surface area (TPSA) is 59.2 Å². The van der Waals surface area contributed by atoms with Gasteiger partial charge in [-0.2, -0.15) is 0 Å². The first-order valence-corrected chi connectivity index (χ1v) is 10.6. The van der Waals surface area contributed by atoms with E-state index in [0.717, 1.165) is 24.7 Å². The predicted molar refractivity (Wildman–Crippen MR) is 103 cm³/mol. The maximum atomic E-state index is 12.4. The fraction of sp³-hybridized carbons (Fsp3) is 0.650. The fourth-order valence-electron chi connectivity index (χ4n) is 3.62. The zero-order valence-electron chi connectivity index (χ0n) is 15.8. The molecule has 1 aliphatic carbocycles. The van der Waals surface area contributed by atoms with Crippen LogP contribution < -0.4 is 0 Å². The van der Waals surface area contributed by atoms with Gasteiger partial charge >= 0.3 is 0 Å². The van der Waals surface area contributed by atoms with E-state index in [4.69, 9.17) is 4.42 Å². The number of aryl methyl sites for hydroxylation is 2. The third-order valence-electron chi connectivity index (χ3n) is 5.48. The first-order valence-electron chi connectivity index (χ1n) is 9.74. The molecular formula is C20H29N3O2S. The summed E-state index contributed by atoms with van der Waals surface area (Å²) < 4.78 is 5.75. The summed E-state index contributed by atoms with van der Waals surface area (Å²) in [6, 6.07) is 4.17. The van der Waals surface area contributed by atoms with Crippen LogP contribution in [0.4, 0.5) is 0 Å². The summed E-state index contributed by atoms with van der Waals surface area (Å²) in [6.45, 7) is 2.06. The van der Waals surface area contributed by atoms with Gasteiger partial charge in [0.15, 0.2) is 0 Å². The Morgan fingerprint density at radius 2 is 2.00 bits per heavy atom. The highest BCUT2D eigenvalue weighted by molar-refractivity contribution is 7.10. The van der Waals surface area contributed by atoms with E-state index in [9.17, 15) is 4.79 Å². The molecule has 0 spiro atoms. The molecule has 1 saturated carbocycles. The molecule has 26 heavy (non-hydrogen) atoms. The van der Waals surface area contributed by atoms with Gasteiger partial charge in [0, 0.05) is 31.2 Å². The average Bonchev–Trinajstić information content (AvgIpc) is 3.36. The Labute approximate surface area is 159 Å². The number of rotatable bonds is 8. The summed E-state index contributed by atoms with van der Waals surface area (Å²) in [7, 11) is 1.86. The molecule has 2 aromatic heterocycles. The second-order valence-electron chi connectivity index (χ2n) is 7.33. The molecule has 3 rings (SSSR count). The number of aromatic nitrogens is 2. The van der Waals surface area contributed by atoms with Crippen LogP contribution >= 0.6 is 11.3 Å². The van der Waals surface area contributed by atoms with Crippen molar-refractivity contribution in [3.8, 4) is 0 Å². The third-order valence-corrected chi connectivity index (χ3v) is 6.52. The lowest BCUT2D eigenvalue weighted by Gasteiger charge is -2.23. The third kappa shape index (κ3) is 5.16. The summed E-state index contributed by atoms with van der Waals surface area (Å²) in [5, 5.41) is 10.3. The molecule has 0 aliphatic heterocycles. The molecule has 0 aromatic carbocycles. The second kappa shape index (κ2) is 9.31. The molecule has 2 heterocycles. The first-order chi connectivity index (χ1) is 12.6. The summed E-state index contributed by atoms with van der Waals surface area (Å²) in [4.78, 5) is 15.4. The van der Waals surface area contributed by atoms with E-state index in [0.29, 0.717) is 18.7 Å². The Bertz CT molecular complexity index is 677. The minimum absolute atomic E-state index is 0.0937.